The van der Waals surface area contributed by atoms with Crippen molar-refractivity contribution in [1.82, 2.24) is 15.3 Å². The number of nitrogens with one attached hydrogen (secondary N) is 2. The summed E-state index contributed by atoms with van der Waals surface area (Å²) < 4.78 is 0. The number of carbonyl (C=O) groups excluding carboxylic acids is 1. The molecule has 0 atom stereocenters. The molecule has 0 unspecified atom stereocenters. The molecule has 0 radical (unpaired) electrons. The maximum absolute atomic E-state index is 12.0. The number of fused-ring (bicyclic) bond motifs is 2. The van der Waals surface area contributed by atoms with E-state index in [4.69, 9.17) is 0 Å². The molecule has 4 rings (SSSR count). The Morgan fingerprint density at radius 2 is 2.00 bits per heavy atom. The average molecular weight is 307 g/mol. The predicted molar refractivity (Wildman–Crippen MR) is 87.9 cm³/mol. The molecule has 0 aliphatic carbocycles. The highest BCUT2D eigenvalue weighted by Crippen LogP contribution is 2.35. The van der Waals surface area contributed by atoms with E-state index in [1.165, 1.54) is 0 Å². The van der Waals surface area contributed by atoms with Gasteiger partial charge in [0.2, 0.25) is 0 Å². The second-order valence-electron chi connectivity index (χ2n) is 6.40. The molecule has 2 aromatic heterocycles. The lowest BCUT2D eigenvalue weighted by Gasteiger charge is -2.19. The lowest BCUT2D eigenvalue weighted by molar-refractivity contribution is 0.0940. The van der Waals surface area contributed by atoms with Gasteiger partial charge in [-0.3, -0.25) is 4.79 Å². The summed E-state index contributed by atoms with van der Waals surface area (Å²) in [4.78, 5) is 19.5. The molecular weight excluding hydrogens is 290 g/mol. The van der Waals surface area contributed by atoms with Crippen LogP contribution in [-0.4, -0.2) is 21.0 Å². The monoisotopic (exact) mass is 307 g/mol. The Hall–Kier alpha value is -2.66. The number of benzene rings is 1. The van der Waals surface area contributed by atoms with Gasteiger partial charge in [-0.15, -0.1) is 0 Å². The summed E-state index contributed by atoms with van der Waals surface area (Å²) in [5.74, 6) is -0.0234. The minimum Gasteiger partial charge on any atom is -0.390 e. The van der Waals surface area contributed by atoms with E-state index in [1.807, 2.05) is 44.3 Å². The summed E-state index contributed by atoms with van der Waals surface area (Å²) in [7, 11) is 0. The van der Waals surface area contributed by atoms with Gasteiger partial charge in [-0.1, -0.05) is 6.07 Å². The molecule has 1 amide bonds. The molecule has 0 fully saturated rings. The van der Waals surface area contributed by atoms with Crippen LogP contribution < -0.4 is 5.32 Å². The maximum atomic E-state index is 12.0. The van der Waals surface area contributed by atoms with E-state index in [9.17, 15) is 9.90 Å². The normalized spacial score (nSPS) is 15.7. The van der Waals surface area contributed by atoms with Crippen LogP contribution in [0.3, 0.4) is 0 Å². The average Bonchev–Trinajstić information content (AvgIpc) is 3.05. The number of hydrogen-bond donors (Lipinski definition) is 3. The van der Waals surface area contributed by atoms with Crippen molar-refractivity contribution in [2.24, 2.45) is 0 Å². The van der Waals surface area contributed by atoms with Crippen molar-refractivity contribution >= 4 is 16.9 Å². The molecule has 116 valence electrons. The number of pyridine rings is 1. The van der Waals surface area contributed by atoms with Crippen LogP contribution in [0.4, 0.5) is 0 Å². The first-order chi connectivity index (χ1) is 11.0. The van der Waals surface area contributed by atoms with Crippen LogP contribution in [0, 0.1) is 0 Å². The molecule has 3 aromatic rings. The van der Waals surface area contributed by atoms with Gasteiger partial charge in [0.25, 0.3) is 5.91 Å². The lowest BCUT2D eigenvalue weighted by atomic mass is 9.91. The summed E-state index contributed by atoms with van der Waals surface area (Å²) in [5, 5.41) is 13.2. The molecule has 0 bridgehead atoms. The van der Waals surface area contributed by atoms with Crippen molar-refractivity contribution in [1.29, 1.82) is 0 Å². The first-order valence-corrected chi connectivity index (χ1v) is 7.55. The van der Waals surface area contributed by atoms with Crippen LogP contribution in [-0.2, 0) is 12.1 Å². The summed E-state index contributed by atoms with van der Waals surface area (Å²) in [6.07, 6.45) is 1.91. The van der Waals surface area contributed by atoms with Crippen molar-refractivity contribution < 1.29 is 9.90 Å². The van der Waals surface area contributed by atoms with E-state index in [0.29, 0.717) is 5.69 Å². The van der Waals surface area contributed by atoms with Crippen molar-refractivity contribution in [3.63, 3.8) is 0 Å². The summed E-state index contributed by atoms with van der Waals surface area (Å²) >= 11 is 0. The number of H-pyrrole nitrogens is 1. The number of amides is 1. The molecule has 1 aliphatic rings. The largest absolute Gasteiger partial charge is 0.390 e. The quantitative estimate of drug-likeness (QED) is 0.681. The highest BCUT2D eigenvalue weighted by Gasteiger charge is 2.35. The lowest BCUT2D eigenvalue weighted by Crippen LogP contribution is -2.32. The number of carbonyl (C=O) groups is 1. The summed E-state index contributed by atoms with van der Waals surface area (Å²) in [6.45, 7) is 3.93. The van der Waals surface area contributed by atoms with Crippen LogP contribution in [0.1, 0.15) is 35.5 Å². The number of aliphatic hydroxyl groups is 1. The number of rotatable bonds is 2. The molecule has 23 heavy (non-hydrogen) atoms. The fourth-order valence-corrected chi connectivity index (χ4v) is 3.22. The summed E-state index contributed by atoms with van der Waals surface area (Å²) in [5.41, 5.74) is 4.84. The van der Waals surface area contributed by atoms with Gasteiger partial charge in [-0.25, -0.2) is 4.98 Å². The molecule has 5 heteroatoms. The van der Waals surface area contributed by atoms with Crippen LogP contribution in [0.5, 0.6) is 0 Å². The zero-order valence-corrected chi connectivity index (χ0v) is 13.0. The van der Waals surface area contributed by atoms with Crippen LogP contribution in [0.15, 0.2) is 36.5 Å². The Morgan fingerprint density at radius 1 is 1.17 bits per heavy atom. The zero-order valence-electron chi connectivity index (χ0n) is 13.0. The highest BCUT2D eigenvalue weighted by molar-refractivity contribution is 6.01. The van der Waals surface area contributed by atoms with Gasteiger partial charge in [0.05, 0.1) is 17.8 Å². The Kier molecular flexibility index (Phi) is 2.83. The molecule has 3 N–H and O–H groups in total. The second kappa shape index (κ2) is 4.67. The van der Waals surface area contributed by atoms with E-state index < -0.39 is 0 Å². The van der Waals surface area contributed by atoms with Gasteiger partial charge in [0, 0.05) is 22.7 Å². The van der Waals surface area contributed by atoms with Crippen molar-refractivity contribution in [2.75, 3.05) is 0 Å². The Labute approximate surface area is 133 Å². The predicted octanol–water partition coefficient (Wildman–Crippen LogP) is 2.70. The van der Waals surface area contributed by atoms with E-state index in [-0.39, 0.29) is 18.1 Å². The van der Waals surface area contributed by atoms with E-state index in [0.717, 1.165) is 33.3 Å². The first-order valence-electron chi connectivity index (χ1n) is 7.55. The molecule has 5 nitrogen and oxygen atoms in total. The minimum absolute atomic E-state index is 0.0234. The minimum atomic E-state index is -0.364. The van der Waals surface area contributed by atoms with Gasteiger partial charge in [0.15, 0.2) is 0 Å². The fourth-order valence-electron chi connectivity index (χ4n) is 3.22. The van der Waals surface area contributed by atoms with Crippen molar-refractivity contribution in [3.8, 4) is 11.1 Å². The maximum Gasteiger partial charge on any atom is 0.252 e. The molecule has 1 aromatic carbocycles. The SMILES string of the molecule is CC1(C)NC(=O)c2ccc(-c3c[nH]c4nc(CO)ccc34)cc21. The first kappa shape index (κ1) is 14.0. The highest BCUT2D eigenvalue weighted by atomic mass is 16.3. The standard InChI is InChI=1S/C18H17N3O2/c1-18(2)15-7-10(3-5-13(15)17(23)21-18)14-8-19-16-12(14)6-4-11(9-22)20-16/h3-8,22H,9H2,1-2H3,(H,19,20)(H,21,23). The third-order valence-electron chi connectivity index (χ3n) is 4.43. The topological polar surface area (TPSA) is 78.0 Å². The molecule has 0 saturated carbocycles. The Morgan fingerprint density at radius 3 is 2.78 bits per heavy atom. The Bertz CT molecular complexity index is 941. The number of nitrogens with zero attached hydrogens (tertiary/aromatic N) is 1. The zero-order chi connectivity index (χ0) is 16.2. The van der Waals surface area contributed by atoms with Crippen molar-refractivity contribution in [2.45, 2.75) is 26.0 Å². The number of hydrogen-bond acceptors (Lipinski definition) is 3. The van der Waals surface area contributed by atoms with Gasteiger partial charge in [0.1, 0.15) is 5.65 Å². The molecule has 1 aliphatic heterocycles. The van der Waals surface area contributed by atoms with Gasteiger partial charge in [-0.05, 0) is 49.2 Å². The number of aromatic nitrogens is 2. The van der Waals surface area contributed by atoms with E-state index in [1.54, 1.807) is 0 Å². The van der Waals surface area contributed by atoms with Gasteiger partial charge < -0.3 is 15.4 Å². The van der Waals surface area contributed by atoms with Gasteiger partial charge in [-0.2, -0.15) is 0 Å². The molecular formula is C18H17N3O2. The molecule has 0 saturated heterocycles. The number of aliphatic hydroxyl groups excluding tert-OH is 1. The van der Waals surface area contributed by atoms with Crippen LogP contribution in [0.25, 0.3) is 22.2 Å². The van der Waals surface area contributed by atoms with Crippen LogP contribution >= 0.6 is 0 Å². The molecule has 3 heterocycles. The van der Waals surface area contributed by atoms with E-state index in [2.05, 4.69) is 21.4 Å². The van der Waals surface area contributed by atoms with Crippen LogP contribution in [0.2, 0.25) is 0 Å². The smallest absolute Gasteiger partial charge is 0.252 e. The fraction of sp³-hybridized carbons (Fsp3) is 0.222. The summed E-state index contributed by atoms with van der Waals surface area (Å²) in [6, 6.07) is 9.69. The second-order valence-corrected chi connectivity index (χ2v) is 6.40. The third kappa shape index (κ3) is 2.04. The number of aromatic amines is 1. The Balaban J connectivity index is 1.88. The third-order valence-corrected chi connectivity index (χ3v) is 4.43. The molecule has 0 spiro atoms. The van der Waals surface area contributed by atoms with Gasteiger partial charge >= 0.3 is 0 Å². The van der Waals surface area contributed by atoms with E-state index >= 15 is 0 Å². The van der Waals surface area contributed by atoms with Crippen molar-refractivity contribution in [3.05, 3.63) is 53.3 Å².